The number of carbonyl (C=O) groups excluding carboxylic acids is 1. The Bertz CT molecular complexity index is 864. The van der Waals surface area contributed by atoms with E-state index in [0.717, 1.165) is 35.9 Å². The third kappa shape index (κ3) is 2.62. The van der Waals surface area contributed by atoms with Crippen LogP contribution in [0.4, 0.5) is 5.69 Å². The predicted molar refractivity (Wildman–Crippen MR) is 92.0 cm³/mol. The van der Waals surface area contributed by atoms with Gasteiger partial charge >= 0.3 is 0 Å². The molecule has 3 aromatic rings. The van der Waals surface area contributed by atoms with Crippen molar-refractivity contribution in [2.75, 3.05) is 12.4 Å². The number of carbonyl (C=O) groups is 1. The Labute approximate surface area is 139 Å². The Kier molecular flexibility index (Phi) is 3.69. The number of amides is 1. The lowest BCUT2D eigenvalue weighted by Gasteiger charge is -2.24. The van der Waals surface area contributed by atoms with E-state index in [1.54, 1.807) is 7.11 Å². The third-order valence-electron chi connectivity index (χ3n) is 4.47. The fourth-order valence-corrected chi connectivity index (χ4v) is 2.84. The molecule has 1 N–H and O–H groups in total. The van der Waals surface area contributed by atoms with Crippen molar-refractivity contribution in [2.24, 2.45) is 5.92 Å². The summed E-state index contributed by atoms with van der Waals surface area (Å²) in [5.74, 6) is 1.32. The first-order chi connectivity index (χ1) is 11.7. The standard InChI is InChI=1S/C19H18N2O3/c1-23-16-10-9-13(11-15(16)20-18(22)12-5-4-6-12)19-21-14-7-2-3-8-17(14)24-19/h2-3,7-12H,4-6H2,1H3,(H,20,22). The molecule has 5 heteroatoms. The minimum absolute atomic E-state index is 0.0502. The lowest BCUT2D eigenvalue weighted by atomic mass is 9.85. The second-order valence-electron chi connectivity index (χ2n) is 6.02. The highest BCUT2D eigenvalue weighted by Gasteiger charge is 2.26. The number of ether oxygens (including phenoxy) is 1. The Balaban J connectivity index is 1.68. The fraction of sp³-hybridized carbons (Fsp3) is 0.263. The summed E-state index contributed by atoms with van der Waals surface area (Å²) in [4.78, 5) is 16.7. The first-order valence-electron chi connectivity index (χ1n) is 8.09. The first kappa shape index (κ1) is 14.8. The van der Waals surface area contributed by atoms with Crippen molar-refractivity contribution in [1.29, 1.82) is 0 Å². The van der Waals surface area contributed by atoms with Gasteiger partial charge in [0.2, 0.25) is 11.8 Å². The van der Waals surface area contributed by atoms with Crippen molar-refractivity contribution < 1.29 is 13.9 Å². The number of hydrogen-bond acceptors (Lipinski definition) is 4. The van der Waals surface area contributed by atoms with Crippen molar-refractivity contribution >= 4 is 22.7 Å². The van der Waals surface area contributed by atoms with Gasteiger partial charge in [-0.25, -0.2) is 4.98 Å². The molecule has 0 unspecified atom stereocenters. The number of aromatic nitrogens is 1. The zero-order valence-electron chi connectivity index (χ0n) is 13.4. The number of fused-ring (bicyclic) bond motifs is 1. The summed E-state index contributed by atoms with van der Waals surface area (Å²) < 4.78 is 11.2. The van der Waals surface area contributed by atoms with E-state index < -0.39 is 0 Å². The highest BCUT2D eigenvalue weighted by Crippen LogP contribution is 2.34. The van der Waals surface area contributed by atoms with Crippen LogP contribution in [0.2, 0.25) is 0 Å². The Hall–Kier alpha value is -2.82. The van der Waals surface area contributed by atoms with Crippen molar-refractivity contribution in [3.8, 4) is 17.2 Å². The Morgan fingerprint density at radius 1 is 1.25 bits per heavy atom. The van der Waals surface area contributed by atoms with Gasteiger partial charge in [0.25, 0.3) is 0 Å². The molecule has 24 heavy (non-hydrogen) atoms. The highest BCUT2D eigenvalue weighted by atomic mass is 16.5. The number of para-hydroxylation sites is 2. The maximum absolute atomic E-state index is 12.2. The molecule has 4 rings (SSSR count). The largest absolute Gasteiger partial charge is 0.495 e. The second kappa shape index (κ2) is 6.00. The molecule has 1 aliphatic rings. The number of nitrogens with one attached hydrogen (secondary N) is 1. The van der Waals surface area contributed by atoms with E-state index in [4.69, 9.17) is 9.15 Å². The van der Waals surface area contributed by atoms with Gasteiger partial charge in [-0.05, 0) is 43.2 Å². The van der Waals surface area contributed by atoms with Gasteiger partial charge < -0.3 is 14.5 Å². The number of oxazole rings is 1. The fourth-order valence-electron chi connectivity index (χ4n) is 2.84. The van der Waals surface area contributed by atoms with Crippen LogP contribution >= 0.6 is 0 Å². The van der Waals surface area contributed by atoms with Crippen LogP contribution in [0.15, 0.2) is 46.9 Å². The van der Waals surface area contributed by atoms with E-state index in [1.807, 2.05) is 42.5 Å². The number of benzene rings is 2. The van der Waals surface area contributed by atoms with Gasteiger partial charge in [0.1, 0.15) is 11.3 Å². The summed E-state index contributed by atoms with van der Waals surface area (Å²) in [6, 6.07) is 13.2. The SMILES string of the molecule is COc1ccc(-c2nc3ccccc3o2)cc1NC(=O)C1CCC1. The van der Waals surface area contributed by atoms with Gasteiger partial charge in [-0.15, -0.1) is 0 Å². The molecule has 2 aromatic carbocycles. The van der Waals surface area contributed by atoms with Crippen LogP contribution in [-0.2, 0) is 4.79 Å². The van der Waals surface area contributed by atoms with Crippen molar-refractivity contribution in [3.63, 3.8) is 0 Å². The zero-order valence-corrected chi connectivity index (χ0v) is 13.4. The van der Waals surface area contributed by atoms with Crippen LogP contribution in [0.5, 0.6) is 5.75 Å². The van der Waals surface area contributed by atoms with Gasteiger partial charge in [0.05, 0.1) is 12.8 Å². The van der Waals surface area contributed by atoms with Crippen LogP contribution in [0.1, 0.15) is 19.3 Å². The number of hydrogen-bond donors (Lipinski definition) is 1. The Morgan fingerprint density at radius 3 is 2.79 bits per heavy atom. The lowest BCUT2D eigenvalue weighted by molar-refractivity contribution is -0.122. The highest BCUT2D eigenvalue weighted by molar-refractivity contribution is 5.95. The summed E-state index contributed by atoms with van der Waals surface area (Å²) >= 11 is 0. The van der Waals surface area contributed by atoms with Gasteiger partial charge in [0.15, 0.2) is 5.58 Å². The smallest absolute Gasteiger partial charge is 0.227 e. The molecule has 1 aromatic heterocycles. The molecule has 122 valence electrons. The van der Waals surface area contributed by atoms with E-state index in [9.17, 15) is 4.79 Å². The average molecular weight is 322 g/mol. The predicted octanol–water partition coefficient (Wildman–Crippen LogP) is 4.24. The van der Waals surface area contributed by atoms with E-state index in [0.29, 0.717) is 17.3 Å². The molecule has 0 atom stereocenters. The van der Waals surface area contributed by atoms with E-state index in [2.05, 4.69) is 10.3 Å². The summed E-state index contributed by atoms with van der Waals surface area (Å²) in [6.07, 6.45) is 3.04. The van der Waals surface area contributed by atoms with Crippen LogP contribution in [0.3, 0.4) is 0 Å². The van der Waals surface area contributed by atoms with Crippen LogP contribution < -0.4 is 10.1 Å². The molecule has 0 spiro atoms. The number of rotatable bonds is 4. The van der Waals surface area contributed by atoms with E-state index >= 15 is 0 Å². The van der Waals surface area contributed by atoms with Gasteiger partial charge in [-0.1, -0.05) is 18.6 Å². The normalized spacial score (nSPS) is 14.4. The maximum Gasteiger partial charge on any atom is 0.227 e. The van der Waals surface area contributed by atoms with Gasteiger partial charge in [-0.2, -0.15) is 0 Å². The molecule has 1 amide bonds. The van der Waals surface area contributed by atoms with E-state index in [1.165, 1.54) is 0 Å². The molecule has 0 radical (unpaired) electrons. The minimum atomic E-state index is 0.0502. The Morgan fingerprint density at radius 2 is 2.08 bits per heavy atom. The second-order valence-corrected chi connectivity index (χ2v) is 6.02. The summed E-state index contributed by atoms with van der Waals surface area (Å²) in [7, 11) is 1.59. The molecule has 1 heterocycles. The average Bonchev–Trinajstić information content (AvgIpc) is 2.97. The molecule has 0 saturated heterocycles. The lowest BCUT2D eigenvalue weighted by Crippen LogP contribution is -2.28. The van der Waals surface area contributed by atoms with Crippen molar-refractivity contribution in [3.05, 3.63) is 42.5 Å². The third-order valence-corrected chi connectivity index (χ3v) is 4.47. The van der Waals surface area contributed by atoms with Crippen LogP contribution in [0, 0.1) is 5.92 Å². The first-order valence-corrected chi connectivity index (χ1v) is 8.09. The number of nitrogens with zero attached hydrogens (tertiary/aromatic N) is 1. The zero-order chi connectivity index (χ0) is 16.5. The quantitative estimate of drug-likeness (QED) is 0.780. The van der Waals surface area contributed by atoms with Gasteiger partial charge in [-0.3, -0.25) is 4.79 Å². The maximum atomic E-state index is 12.2. The molecule has 5 nitrogen and oxygen atoms in total. The van der Waals surface area contributed by atoms with Gasteiger partial charge in [0, 0.05) is 11.5 Å². The monoisotopic (exact) mass is 322 g/mol. The van der Waals surface area contributed by atoms with Crippen molar-refractivity contribution in [1.82, 2.24) is 4.98 Å². The molecule has 0 bridgehead atoms. The summed E-state index contributed by atoms with van der Waals surface area (Å²) in [5.41, 5.74) is 3.00. The molecule has 1 saturated carbocycles. The van der Waals surface area contributed by atoms with Crippen LogP contribution in [-0.4, -0.2) is 18.0 Å². The van der Waals surface area contributed by atoms with Crippen LogP contribution in [0.25, 0.3) is 22.6 Å². The molecular formula is C19H18N2O3. The number of methoxy groups -OCH3 is 1. The molecule has 1 aliphatic carbocycles. The summed E-state index contributed by atoms with van der Waals surface area (Å²) in [5, 5.41) is 2.97. The molecular weight excluding hydrogens is 304 g/mol. The van der Waals surface area contributed by atoms with Crippen molar-refractivity contribution in [2.45, 2.75) is 19.3 Å². The summed E-state index contributed by atoms with van der Waals surface area (Å²) in [6.45, 7) is 0. The minimum Gasteiger partial charge on any atom is -0.495 e. The topological polar surface area (TPSA) is 64.4 Å². The number of anilines is 1. The molecule has 1 fully saturated rings. The van der Waals surface area contributed by atoms with E-state index in [-0.39, 0.29) is 11.8 Å². The molecule has 0 aliphatic heterocycles.